The third-order valence-corrected chi connectivity index (χ3v) is 6.20. The maximum absolute atomic E-state index is 13.2. The first-order valence-corrected chi connectivity index (χ1v) is 10.4. The van der Waals surface area contributed by atoms with E-state index in [1.807, 2.05) is 47.4 Å². The van der Waals surface area contributed by atoms with Gasteiger partial charge in [0.2, 0.25) is 11.8 Å². The highest BCUT2D eigenvalue weighted by Gasteiger charge is 2.37. The monoisotopic (exact) mass is 376 g/mol. The highest BCUT2D eigenvalue weighted by atomic mass is 16.2. The number of benzene rings is 2. The second kappa shape index (κ2) is 8.17. The van der Waals surface area contributed by atoms with Crippen molar-refractivity contribution in [3.05, 3.63) is 65.7 Å². The Kier molecular flexibility index (Phi) is 5.47. The molecule has 1 fully saturated rings. The lowest BCUT2D eigenvalue weighted by molar-refractivity contribution is -0.129. The molecule has 1 N–H and O–H groups in total. The fourth-order valence-corrected chi connectivity index (χ4v) is 4.63. The number of anilines is 1. The molecule has 1 aliphatic carbocycles. The third-order valence-electron chi connectivity index (χ3n) is 6.20. The summed E-state index contributed by atoms with van der Waals surface area (Å²) < 4.78 is 0. The van der Waals surface area contributed by atoms with Crippen molar-refractivity contribution in [2.75, 3.05) is 4.90 Å². The molecule has 0 radical (unpaired) electrons. The molecule has 1 aliphatic heterocycles. The number of nitrogens with one attached hydrogen (secondary N) is 1. The molecule has 1 unspecified atom stereocenters. The molecule has 4 nitrogen and oxygen atoms in total. The fraction of sp³-hybridized carbons (Fsp3) is 0.417. The van der Waals surface area contributed by atoms with Gasteiger partial charge in [-0.25, -0.2) is 0 Å². The molecule has 28 heavy (non-hydrogen) atoms. The van der Waals surface area contributed by atoms with Crippen molar-refractivity contribution in [2.45, 2.75) is 51.6 Å². The lowest BCUT2D eigenvalue weighted by Crippen LogP contribution is -2.42. The average Bonchev–Trinajstić information content (AvgIpc) is 3.08. The summed E-state index contributed by atoms with van der Waals surface area (Å²) >= 11 is 0. The molecule has 4 heteroatoms. The summed E-state index contributed by atoms with van der Waals surface area (Å²) in [6.45, 7) is 2.70. The molecule has 2 aromatic carbocycles. The molecular formula is C24H28N2O2. The summed E-state index contributed by atoms with van der Waals surface area (Å²) in [7, 11) is 0. The lowest BCUT2D eigenvalue weighted by Gasteiger charge is -2.32. The third kappa shape index (κ3) is 3.82. The maximum Gasteiger partial charge on any atom is 0.230 e. The smallest absolute Gasteiger partial charge is 0.230 e. The standard InChI is InChI=1S/C24H28N2O2/c1-17-15-21-9-5-6-10-22(21)26(17)24(28)20-13-11-19(12-14-20)23(27)25-16-18-7-3-2-4-8-18/h2-10,17,19-20H,11-16H2,1H3,(H,25,27). The van der Waals surface area contributed by atoms with Crippen LogP contribution in [0.3, 0.4) is 0 Å². The van der Waals surface area contributed by atoms with Crippen LogP contribution in [0.4, 0.5) is 5.69 Å². The van der Waals surface area contributed by atoms with Crippen LogP contribution in [0.1, 0.15) is 43.7 Å². The Morgan fingerprint density at radius 1 is 0.929 bits per heavy atom. The van der Waals surface area contributed by atoms with Crippen molar-refractivity contribution in [3.8, 4) is 0 Å². The molecule has 1 heterocycles. The van der Waals surface area contributed by atoms with E-state index in [4.69, 9.17) is 0 Å². The van der Waals surface area contributed by atoms with E-state index in [2.05, 4.69) is 24.4 Å². The first-order valence-electron chi connectivity index (χ1n) is 10.4. The van der Waals surface area contributed by atoms with Gasteiger partial charge in [0.1, 0.15) is 0 Å². The van der Waals surface area contributed by atoms with Gasteiger partial charge in [-0.2, -0.15) is 0 Å². The largest absolute Gasteiger partial charge is 0.352 e. The molecule has 1 atom stereocenters. The van der Waals surface area contributed by atoms with Gasteiger partial charge < -0.3 is 10.2 Å². The van der Waals surface area contributed by atoms with Gasteiger partial charge in [0.15, 0.2) is 0 Å². The topological polar surface area (TPSA) is 49.4 Å². The molecule has 0 spiro atoms. The SMILES string of the molecule is CC1Cc2ccccc2N1C(=O)C1CCC(C(=O)NCc2ccccc2)CC1. The molecule has 4 rings (SSSR count). The van der Waals surface area contributed by atoms with E-state index >= 15 is 0 Å². The van der Waals surface area contributed by atoms with Crippen LogP contribution in [-0.2, 0) is 22.6 Å². The van der Waals surface area contributed by atoms with Crippen LogP contribution in [0.25, 0.3) is 0 Å². The van der Waals surface area contributed by atoms with Gasteiger partial charge in [-0.3, -0.25) is 9.59 Å². The van der Waals surface area contributed by atoms with Crippen molar-refractivity contribution in [3.63, 3.8) is 0 Å². The Bertz CT molecular complexity index is 841. The Hall–Kier alpha value is -2.62. The van der Waals surface area contributed by atoms with E-state index in [1.54, 1.807) is 0 Å². The zero-order valence-corrected chi connectivity index (χ0v) is 16.4. The van der Waals surface area contributed by atoms with Crippen molar-refractivity contribution in [2.24, 2.45) is 11.8 Å². The summed E-state index contributed by atoms with van der Waals surface area (Å²) in [4.78, 5) is 27.7. The molecule has 1 saturated carbocycles. The van der Waals surface area contributed by atoms with E-state index in [9.17, 15) is 9.59 Å². The van der Waals surface area contributed by atoms with E-state index < -0.39 is 0 Å². The molecule has 0 aromatic heterocycles. The number of carbonyl (C=O) groups excluding carboxylic acids is 2. The predicted molar refractivity (Wildman–Crippen MR) is 111 cm³/mol. The van der Waals surface area contributed by atoms with Gasteiger partial charge >= 0.3 is 0 Å². The van der Waals surface area contributed by atoms with Gasteiger partial charge in [-0.15, -0.1) is 0 Å². The van der Waals surface area contributed by atoms with Gasteiger partial charge in [0.05, 0.1) is 0 Å². The lowest BCUT2D eigenvalue weighted by atomic mass is 9.80. The summed E-state index contributed by atoms with van der Waals surface area (Å²) in [6.07, 6.45) is 4.11. The highest BCUT2D eigenvalue weighted by Crippen LogP contribution is 2.37. The number of para-hydroxylation sites is 1. The zero-order valence-electron chi connectivity index (χ0n) is 16.4. The number of hydrogen-bond donors (Lipinski definition) is 1. The van der Waals surface area contributed by atoms with Gasteiger partial charge in [-0.05, 0) is 56.2 Å². The van der Waals surface area contributed by atoms with E-state index in [0.717, 1.165) is 43.4 Å². The predicted octanol–water partition coefficient (Wildman–Crippen LogP) is 4.09. The molecular weight excluding hydrogens is 348 g/mol. The zero-order chi connectivity index (χ0) is 19.5. The quantitative estimate of drug-likeness (QED) is 0.874. The Morgan fingerprint density at radius 3 is 2.32 bits per heavy atom. The van der Waals surface area contributed by atoms with Crippen molar-refractivity contribution in [1.82, 2.24) is 5.32 Å². The molecule has 146 valence electrons. The number of amides is 2. The van der Waals surface area contributed by atoms with Crippen molar-refractivity contribution < 1.29 is 9.59 Å². The first-order chi connectivity index (χ1) is 13.6. The minimum atomic E-state index is 0.0241. The van der Waals surface area contributed by atoms with Crippen LogP contribution in [0.5, 0.6) is 0 Å². The Morgan fingerprint density at radius 2 is 1.57 bits per heavy atom. The van der Waals surface area contributed by atoms with Gasteiger partial charge in [0.25, 0.3) is 0 Å². The Balaban J connectivity index is 1.31. The highest BCUT2D eigenvalue weighted by molar-refractivity contribution is 5.97. The number of rotatable bonds is 4. The molecule has 2 aromatic rings. The van der Waals surface area contributed by atoms with E-state index in [1.165, 1.54) is 5.56 Å². The normalized spacial score (nSPS) is 23.9. The van der Waals surface area contributed by atoms with Crippen LogP contribution < -0.4 is 10.2 Å². The Labute approximate surface area is 166 Å². The molecule has 2 amide bonds. The van der Waals surface area contributed by atoms with E-state index in [-0.39, 0.29) is 29.7 Å². The first kappa shape index (κ1) is 18.7. The van der Waals surface area contributed by atoms with E-state index in [0.29, 0.717) is 6.54 Å². The molecule has 0 bridgehead atoms. The summed E-state index contributed by atoms with van der Waals surface area (Å²) in [5, 5.41) is 3.05. The molecule has 2 aliphatic rings. The summed E-state index contributed by atoms with van der Waals surface area (Å²) in [5.74, 6) is 0.415. The van der Waals surface area contributed by atoms with Crippen molar-refractivity contribution >= 4 is 17.5 Å². The minimum absolute atomic E-state index is 0.0241. The fourth-order valence-electron chi connectivity index (χ4n) is 4.63. The van der Waals surface area contributed by atoms with Crippen LogP contribution in [0, 0.1) is 11.8 Å². The second-order valence-electron chi connectivity index (χ2n) is 8.14. The van der Waals surface area contributed by atoms with Crippen molar-refractivity contribution in [1.29, 1.82) is 0 Å². The number of nitrogens with zero attached hydrogens (tertiary/aromatic N) is 1. The number of fused-ring (bicyclic) bond motifs is 1. The van der Waals surface area contributed by atoms with Gasteiger partial charge in [0, 0.05) is 30.1 Å². The average molecular weight is 377 g/mol. The van der Waals surface area contributed by atoms with Crippen LogP contribution in [0.15, 0.2) is 54.6 Å². The number of hydrogen-bond acceptors (Lipinski definition) is 2. The summed E-state index contributed by atoms with van der Waals surface area (Å²) in [5.41, 5.74) is 3.45. The maximum atomic E-state index is 13.2. The second-order valence-corrected chi connectivity index (χ2v) is 8.14. The van der Waals surface area contributed by atoms with Gasteiger partial charge in [-0.1, -0.05) is 48.5 Å². The molecule has 0 saturated heterocycles. The van der Waals surface area contributed by atoms with Crippen LogP contribution in [0.2, 0.25) is 0 Å². The summed E-state index contributed by atoms with van der Waals surface area (Å²) in [6, 6.07) is 18.4. The van der Waals surface area contributed by atoms with Crippen LogP contribution >= 0.6 is 0 Å². The number of carbonyl (C=O) groups is 2. The van der Waals surface area contributed by atoms with Crippen LogP contribution in [-0.4, -0.2) is 17.9 Å². The minimum Gasteiger partial charge on any atom is -0.352 e.